The van der Waals surface area contributed by atoms with E-state index in [1.807, 2.05) is 0 Å². The first-order valence-corrected chi connectivity index (χ1v) is 4.28. The van der Waals surface area contributed by atoms with Gasteiger partial charge in [-0.2, -0.15) is 0 Å². The second-order valence-corrected chi connectivity index (χ2v) is 4.95. The Morgan fingerprint density at radius 3 is 1.67 bits per heavy atom. The Balaban J connectivity index is 0.00000121. The van der Waals surface area contributed by atoms with Crippen molar-refractivity contribution in [2.45, 2.75) is 57.7 Å². The summed E-state index contributed by atoms with van der Waals surface area (Å²) in [6.07, 6.45) is 1.58. The zero-order valence-electron chi connectivity index (χ0n) is 8.94. The van der Waals surface area contributed by atoms with E-state index in [1.54, 1.807) is 0 Å². The van der Waals surface area contributed by atoms with Crippen molar-refractivity contribution in [3.63, 3.8) is 0 Å². The first kappa shape index (κ1) is 12.9. The summed E-state index contributed by atoms with van der Waals surface area (Å²) in [5, 5.41) is 13.0. The minimum Gasteiger partial charge on any atom is -0.393 e. The van der Waals surface area contributed by atoms with Crippen LogP contribution >= 0.6 is 0 Å². The molecule has 0 spiro atoms. The average Bonchev–Trinajstić information content (AvgIpc) is 1.49. The molecule has 2 N–H and O–H groups in total. The van der Waals surface area contributed by atoms with E-state index in [4.69, 9.17) is 0 Å². The van der Waals surface area contributed by atoms with Crippen LogP contribution in [0.5, 0.6) is 0 Å². The van der Waals surface area contributed by atoms with E-state index < -0.39 is 0 Å². The Labute approximate surface area is 97.4 Å². The largest absolute Gasteiger partial charge is 0.393 e. The maximum atomic E-state index is 9.54. The fourth-order valence-corrected chi connectivity index (χ4v) is 2.27. The van der Waals surface area contributed by atoms with E-state index in [9.17, 15) is 5.11 Å². The van der Waals surface area contributed by atoms with E-state index in [1.165, 1.54) is 0 Å². The van der Waals surface area contributed by atoms with Crippen molar-refractivity contribution in [3.8, 4) is 0 Å². The predicted octanol–water partition coefficient (Wildman–Crippen LogP) is 0.907. The summed E-state index contributed by atoms with van der Waals surface area (Å²) < 4.78 is 0. The summed E-state index contributed by atoms with van der Waals surface area (Å²) in [7, 11) is 0. The molecule has 0 aromatic carbocycles. The second-order valence-electron chi connectivity index (χ2n) is 4.95. The van der Waals surface area contributed by atoms with Crippen LogP contribution in [0.25, 0.3) is 0 Å². The van der Waals surface area contributed by atoms with Gasteiger partial charge in [0.1, 0.15) is 0 Å². The molecule has 1 radical (unpaired) electrons. The van der Waals surface area contributed by atoms with E-state index in [-0.39, 0.29) is 46.7 Å². The molecule has 1 rings (SSSR count). The fraction of sp³-hybridized carbons (Fsp3) is 1.00. The average molecular weight is 180 g/mol. The predicted molar refractivity (Wildman–Crippen MR) is 52.3 cm³/mol. The molecule has 0 saturated carbocycles. The minimum atomic E-state index is -0.138. The molecule has 1 aliphatic heterocycles. The Morgan fingerprint density at radius 1 is 1.08 bits per heavy atom. The van der Waals surface area contributed by atoms with Gasteiger partial charge in [0.05, 0.1) is 6.10 Å². The van der Waals surface area contributed by atoms with Crippen LogP contribution in [0.15, 0.2) is 0 Å². The topological polar surface area (TPSA) is 32.3 Å². The number of rotatable bonds is 0. The summed E-state index contributed by atoms with van der Waals surface area (Å²) in [6, 6.07) is 0. The third-order valence-corrected chi connectivity index (χ3v) is 2.17. The number of aliphatic hydroxyl groups is 1. The third kappa shape index (κ3) is 3.75. The Bertz CT molecular complexity index is 141. The fourth-order valence-electron chi connectivity index (χ4n) is 2.27. The van der Waals surface area contributed by atoms with Gasteiger partial charge in [-0.3, -0.25) is 0 Å². The van der Waals surface area contributed by atoms with Crippen LogP contribution in [-0.2, 0) is 0 Å². The Hall–Kier alpha value is 0.920. The Kier molecular flexibility index (Phi) is 4.28. The van der Waals surface area contributed by atoms with Crippen LogP contribution in [0.2, 0.25) is 0 Å². The van der Waals surface area contributed by atoms with Gasteiger partial charge in [-0.15, -0.1) is 0 Å². The first-order chi connectivity index (χ1) is 4.81. The molecule has 0 unspecified atom stereocenters. The first-order valence-electron chi connectivity index (χ1n) is 4.28. The Morgan fingerprint density at radius 2 is 1.42 bits per heavy atom. The zero-order chi connectivity index (χ0) is 8.70. The van der Waals surface area contributed by atoms with Crippen molar-refractivity contribution >= 4 is 29.6 Å². The van der Waals surface area contributed by atoms with Crippen molar-refractivity contribution in [1.82, 2.24) is 5.32 Å². The van der Waals surface area contributed by atoms with Crippen LogP contribution in [-0.4, -0.2) is 51.8 Å². The zero-order valence-corrected chi connectivity index (χ0v) is 10.9. The summed E-state index contributed by atoms with van der Waals surface area (Å²) in [5.74, 6) is 0. The van der Waals surface area contributed by atoms with Gasteiger partial charge in [0.15, 0.2) is 0 Å². The van der Waals surface area contributed by atoms with E-state index in [0.29, 0.717) is 0 Å². The molecule has 0 aromatic heterocycles. The van der Waals surface area contributed by atoms with Crippen molar-refractivity contribution in [2.24, 2.45) is 0 Å². The van der Waals surface area contributed by atoms with Gasteiger partial charge in [-0.1, -0.05) is 0 Å². The molecule has 0 amide bonds. The molecule has 1 aliphatic rings. The van der Waals surface area contributed by atoms with Crippen LogP contribution < -0.4 is 5.32 Å². The van der Waals surface area contributed by atoms with Crippen LogP contribution in [0.1, 0.15) is 40.5 Å². The summed E-state index contributed by atoms with van der Waals surface area (Å²) in [6.45, 7) is 8.54. The maximum Gasteiger partial charge on any atom is 0.0575 e. The molecule has 12 heavy (non-hydrogen) atoms. The molecule has 0 atom stereocenters. The van der Waals surface area contributed by atoms with Gasteiger partial charge in [0, 0.05) is 40.6 Å². The van der Waals surface area contributed by atoms with Gasteiger partial charge in [-0.25, -0.2) is 0 Å². The number of hydrogen-bond donors (Lipinski definition) is 2. The number of hydrogen-bond acceptors (Lipinski definition) is 2. The van der Waals surface area contributed by atoms with E-state index >= 15 is 0 Å². The molecule has 2 nitrogen and oxygen atoms in total. The molecule has 67 valence electrons. The molecule has 0 aromatic rings. The van der Waals surface area contributed by atoms with Crippen molar-refractivity contribution in [1.29, 1.82) is 0 Å². The normalized spacial score (nSPS) is 27.8. The molecule has 1 fully saturated rings. The maximum absolute atomic E-state index is 9.54. The van der Waals surface area contributed by atoms with Gasteiger partial charge >= 0.3 is 0 Å². The summed E-state index contributed by atoms with van der Waals surface area (Å²) in [5.41, 5.74) is 0.169. The second kappa shape index (κ2) is 3.97. The molecule has 1 heterocycles. The van der Waals surface area contributed by atoms with Gasteiger partial charge in [0.2, 0.25) is 0 Å². The quantitative estimate of drug-likeness (QED) is 0.543. The van der Waals surface area contributed by atoms with E-state index in [0.717, 1.165) is 12.8 Å². The molecular formula is C9H19NNaO. The van der Waals surface area contributed by atoms with Crippen LogP contribution in [0.3, 0.4) is 0 Å². The number of aliphatic hydroxyl groups excluding tert-OH is 1. The van der Waals surface area contributed by atoms with Crippen LogP contribution in [0, 0.1) is 0 Å². The van der Waals surface area contributed by atoms with Gasteiger partial charge in [-0.05, 0) is 40.5 Å². The van der Waals surface area contributed by atoms with Crippen molar-refractivity contribution < 1.29 is 5.11 Å². The van der Waals surface area contributed by atoms with E-state index in [2.05, 4.69) is 33.0 Å². The smallest absolute Gasteiger partial charge is 0.0575 e. The third-order valence-electron chi connectivity index (χ3n) is 2.17. The number of piperidine rings is 1. The molecular weight excluding hydrogens is 161 g/mol. The molecule has 3 heteroatoms. The standard InChI is InChI=1S/C9H19NO.Na/c1-8(2)5-7(11)6-9(3,4)10-8;/h7,10-11H,5-6H2,1-4H3;. The molecule has 0 bridgehead atoms. The summed E-state index contributed by atoms with van der Waals surface area (Å²) in [4.78, 5) is 0. The SMILES string of the molecule is CC1(C)CC(O)CC(C)(C)N1.[Na]. The monoisotopic (exact) mass is 180 g/mol. The van der Waals surface area contributed by atoms with Crippen molar-refractivity contribution in [2.75, 3.05) is 0 Å². The van der Waals surface area contributed by atoms with Gasteiger partial charge < -0.3 is 10.4 Å². The summed E-state index contributed by atoms with van der Waals surface area (Å²) >= 11 is 0. The van der Waals surface area contributed by atoms with Gasteiger partial charge in [0.25, 0.3) is 0 Å². The molecule has 0 aliphatic carbocycles. The molecule has 1 saturated heterocycles. The minimum absolute atomic E-state index is 0. The van der Waals surface area contributed by atoms with Crippen LogP contribution in [0.4, 0.5) is 0 Å². The number of nitrogens with one attached hydrogen (secondary N) is 1. The van der Waals surface area contributed by atoms with Crippen molar-refractivity contribution in [3.05, 3.63) is 0 Å².